The average Bonchev–Trinajstić information content (AvgIpc) is 2.25. The molecule has 0 saturated carbocycles. The molecule has 0 saturated heterocycles. The minimum Gasteiger partial charge on any atom is -0.319 e. The van der Waals surface area contributed by atoms with Gasteiger partial charge in [0.05, 0.1) is 0 Å². The van der Waals surface area contributed by atoms with Gasteiger partial charge in [0.15, 0.2) is 0 Å². The summed E-state index contributed by atoms with van der Waals surface area (Å²) in [5, 5.41) is 3.29. The Hall–Kier alpha value is -0.340. The molecule has 0 heterocycles. The molecule has 0 aliphatic rings. The highest BCUT2D eigenvalue weighted by atomic mass is 79.9. The van der Waals surface area contributed by atoms with Gasteiger partial charge in [0, 0.05) is 11.0 Å². The Bertz CT molecular complexity index is 298. The smallest absolute Gasteiger partial charge is 0.0178 e. The molecule has 1 rings (SSSR count). The van der Waals surface area contributed by atoms with E-state index in [2.05, 4.69) is 59.4 Å². The van der Waals surface area contributed by atoms with Gasteiger partial charge in [0.1, 0.15) is 0 Å². The first kappa shape index (κ1) is 12.7. The molecule has 0 radical (unpaired) electrons. The van der Waals surface area contributed by atoms with E-state index in [1.54, 1.807) is 0 Å². The van der Waals surface area contributed by atoms with E-state index in [0.29, 0.717) is 11.8 Å². The standard InChI is InChI=1S/C13H20BrN/c1-4-10(2)13(9-15-3)11-6-5-7-12(14)8-11/h5-8,10,13,15H,4,9H2,1-3H3. The van der Waals surface area contributed by atoms with Crippen LogP contribution in [0.3, 0.4) is 0 Å². The zero-order valence-corrected chi connectivity index (χ0v) is 11.3. The number of hydrogen-bond donors (Lipinski definition) is 1. The minimum absolute atomic E-state index is 0.609. The van der Waals surface area contributed by atoms with Crippen molar-refractivity contribution in [2.24, 2.45) is 5.92 Å². The molecule has 0 aliphatic heterocycles. The van der Waals surface area contributed by atoms with Gasteiger partial charge in [0.2, 0.25) is 0 Å². The summed E-state index contributed by atoms with van der Waals surface area (Å²) in [7, 11) is 2.02. The van der Waals surface area contributed by atoms with Crippen LogP contribution in [0.1, 0.15) is 31.7 Å². The van der Waals surface area contributed by atoms with E-state index in [1.165, 1.54) is 16.5 Å². The van der Waals surface area contributed by atoms with Crippen LogP contribution >= 0.6 is 15.9 Å². The number of rotatable bonds is 5. The molecule has 2 unspecified atom stereocenters. The summed E-state index contributed by atoms with van der Waals surface area (Å²) < 4.78 is 1.17. The molecule has 2 heteroatoms. The lowest BCUT2D eigenvalue weighted by molar-refractivity contribution is 0.432. The second-order valence-corrected chi connectivity index (χ2v) is 5.02. The van der Waals surface area contributed by atoms with Gasteiger partial charge in [0.25, 0.3) is 0 Å². The molecule has 1 N–H and O–H groups in total. The van der Waals surface area contributed by atoms with E-state index in [1.807, 2.05) is 7.05 Å². The molecule has 84 valence electrons. The van der Waals surface area contributed by atoms with Crippen LogP contribution in [0.15, 0.2) is 28.7 Å². The Balaban J connectivity index is 2.88. The monoisotopic (exact) mass is 269 g/mol. The molecule has 0 bridgehead atoms. The molecule has 0 spiro atoms. The SMILES string of the molecule is CCC(C)C(CNC)c1cccc(Br)c1. The largest absolute Gasteiger partial charge is 0.319 e. The number of halogens is 1. The van der Waals surface area contributed by atoms with E-state index < -0.39 is 0 Å². The van der Waals surface area contributed by atoms with Crippen molar-refractivity contribution in [3.05, 3.63) is 34.3 Å². The third-order valence-corrected chi connectivity index (χ3v) is 3.52. The van der Waals surface area contributed by atoms with Gasteiger partial charge in [-0.2, -0.15) is 0 Å². The second-order valence-electron chi connectivity index (χ2n) is 4.10. The van der Waals surface area contributed by atoms with Crippen molar-refractivity contribution in [1.29, 1.82) is 0 Å². The van der Waals surface area contributed by atoms with Gasteiger partial charge >= 0.3 is 0 Å². The molecule has 1 aromatic rings. The zero-order valence-electron chi connectivity index (χ0n) is 9.76. The molecular formula is C13H20BrN. The Morgan fingerprint density at radius 2 is 2.13 bits per heavy atom. The third kappa shape index (κ3) is 3.62. The van der Waals surface area contributed by atoms with Crippen LogP contribution in [0.25, 0.3) is 0 Å². The van der Waals surface area contributed by atoms with Crippen molar-refractivity contribution >= 4 is 15.9 Å². The van der Waals surface area contributed by atoms with E-state index in [4.69, 9.17) is 0 Å². The second kappa shape index (κ2) is 6.29. The Labute approximate surface area is 101 Å². The number of hydrogen-bond acceptors (Lipinski definition) is 1. The van der Waals surface area contributed by atoms with Crippen molar-refractivity contribution in [2.45, 2.75) is 26.2 Å². The maximum absolute atomic E-state index is 3.53. The summed E-state index contributed by atoms with van der Waals surface area (Å²) >= 11 is 3.53. The van der Waals surface area contributed by atoms with Crippen LogP contribution in [0, 0.1) is 5.92 Å². The summed E-state index contributed by atoms with van der Waals surface area (Å²) in [5.41, 5.74) is 1.42. The van der Waals surface area contributed by atoms with Gasteiger partial charge < -0.3 is 5.32 Å². The zero-order chi connectivity index (χ0) is 11.3. The van der Waals surface area contributed by atoms with E-state index in [-0.39, 0.29) is 0 Å². The fourth-order valence-corrected chi connectivity index (χ4v) is 2.31. The predicted octanol–water partition coefficient (Wildman–Crippen LogP) is 3.80. The maximum Gasteiger partial charge on any atom is 0.0178 e. The van der Waals surface area contributed by atoms with Crippen LogP contribution in [-0.2, 0) is 0 Å². The van der Waals surface area contributed by atoms with Gasteiger partial charge in [-0.15, -0.1) is 0 Å². The molecular weight excluding hydrogens is 250 g/mol. The average molecular weight is 270 g/mol. The predicted molar refractivity (Wildman–Crippen MR) is 70.3 cm³/mol. The molecule has 1 aromatic carbocycles. The molecule has 0 fully saturated rings. The Kier molecular flexibility index (Phi) is 5.34. The van der Waals surface area contributed by atoms with Crippen LogP contribution in [0.2, 0.25) is 0 Å². The highest BCUT2D eigenvalue weighted by Crippen LogP contribution is 2.28. The number of likely N-dealkylation sites (N-methyl/N-ethyl adjacent to an activating group) is 1. The first-order valence-electron chi connectivity index (χ1n) is 5.59. The molecule has 15 heavy (non-hydrogen) atoms. The molecule has 2 atom stereocenters. The first-order chi connectivity index (χ1) is 7.19. The minimum atomic E-state index is 0.609. The quantitative estimate of drug-likeness (QED) is 0.858. The van der Waals surface area contributed by atoms with Gasteiger partial charge in [-0.05, 0) is 36.6 Å². The summed E-state index contributed by atoms with van der Waals surface area (Å²) in [6.07, 6.45) is 1.22. The third-order valence-electron chi connectivity index (χ3n) is 3.03. The van der Waals surface area contributed by atoms with Crippen LogP contribution in [0.4, 0.5) is 0 Å². The fraction of sp³-hybridized carbons (Fsp3) is 0.538. The number of nitrogens with one attached hydrogen (secondary N) is 1. The lowest BCUT2D eigenvalue weighted by atomic mass is 9.85. The van der Waals surface area contributed by atoms with Gasteiger partial charge in [-0.25, -0.2) is 0 Å². The van der Waals surface area contributed by atoms with Crippen LogP contribution in [-0.4, -0.2) is 13.6 Å². The molecule has 0 aromatic heterocycles. The number of benzene rings is 1. The Morgan fingerprint density at radius 1 is 1.40 bits per heavy atom. The van der Waals surface area contributed by atoms with Gasteiger partial charge in [-0.3, -0.25) is 0 Å². The first-order valence-corrected chi connectivity index (χ1v) is 6.38. The Morgan fingerprint density at radius 3 is 2.67 bits per heavy atom. The van der Waals surface area contributed by atoms with Crippen molar-refractivity contribution in [1.82, 2.24) is 5.32 Å². The van der Waals surface area contributed by atoms with Crippen molar-refractivity contribution < 1.29 is 0 Å². The van der Waals surface area contributed by atoms with E-state index in [0.717, 1.165) is 6.54 Å². The topological polar surface area (TPSA) is 12.0 Å². The highest BCUT2D eigenvalue weighted by Gasteiger charge is 2.17. The van der Waals surface area contributed by atoms with Crippen LogP contribution in [0.5, 0.6) is 0 Å². The maximum atomic E-state index is 3.53. The van der Waals surface area contributed by atoms with Crippen molar-refractivity contribution in [3.8, 4) is 0 Å². The summed E-state index contributed by atoms with van der Waals surface area (Å²) in [4.78, 5) is 0. The normalized spacial score (nSPS) is 14.9. The highest BCUT2D eigenvalue weighted by molar-refractivity contribution is 9.10. The lowest BCUT2D eigenvalue weighted by Gasteiger charge is -2.23. The van der Waals surface area contributed by atoms with E-state index in [9.17, 15) is 0 Å². The van der Waals surface area contributed by atoms with E-state index >= 15 is 0 Å². The molecule has 1 nitrogen and oxygen atoms in total. The molecule has 0 amide bonds. The van der Waals surface area contributed by atoms with Crippen LogP contribution < -0.4 is 5.32 Å². The van der Waals surface area contributed by atoms with Gasteiger partial charge in [-0.1, -0.05) is 48.3 Å². The molecule has 0 aliphatic carbocycles. The summed E-state index contributed by atoms with van der Waals surface area (Å²) in [5.74, 6) is 1.32. The summed E-state index contributed by atoms with van der Waals surface area (Å²) in [6, 6.07) is 8.65. The summed E-state index contributed by atoms with van der Waals surface area (Å²) in [6.45, 7) is 5.62. The fourth-order valence-electron chi connectivity index (χ4n) is 1.89. The van der Waals surface area contributed by atoms with Crippen molar-refractivity contribution in [2.75, 3.05) is 13.6 Å². The van der Waals surface area contributed by atoms with Crippen molar-refractivity contribution in [3.63, 3.8) is 0 Å². The lowest BCUT2D eigenvalue weighted by Crippen LogP contribution is -2.22.